The van der Waals surface area contributed by atoms with Gasteiger partial charge in [-0.05, 0) is 97.3 Å². The Kier molecular flexibility index (Phi) is 7.84. The van der Waals surface area contributed by atoms with Gasteiger partial charge in [0.25, 0.3) is 5.91 Å². The molecule has 7 atom stereocenters. The number of aromatic amines is 1. The number of hydrogen-bond donors (Lipinski definition) is 2. The molecule has 246 valence electrons. The van der Waals surface area contributed by atoms with Gasteiger partial charge in [-0.2, -0.15) is 0 Å². The Bertz CT molecular complexity index is 2000. The van der Waals surface area contributed by atoms with Crippen LogP contribution in [0.15, 0.2) is 76.6 Å². The van der Waals surface area contributed by atoms with Crippen molar-refractivity contribution in [3.05, 3.63) is 97.7 Å². The van der Waals surface area contributed by atoms with Crippen LogP contribution in [0.5, 0.6) is 11.5 Å². The van der Waals surface area contributed by atoms with Crippen molar-refractivity contribution in [1.82, 2.24) is 4.98 Å². The van der Waals surface area contributed by atoms with E-state index in [0.29, 0.717) is 34.5 Å². The molecular weight excluding hydrogens is 677 g/mol. The van der Waals surface area contributed by atoms with Crippen LogP contribution in [-0.4, -0.2) is 41.2 Å². The number of imide groups is 1. The second-order valence-corrected chi connectivity index (χ2v) is 15.1. The fourth-order valence-corrected chi connectivity index (χ4v) is 11.2. The Morgan fingerprint density at radius 1 is 0.979 bits per heavy atom. The number of amides is 3. The predicted octanol–water partition coefficient (Wildman–Crippen LogP) is 6.32. The molecule has 1 aromatic heterocycles. The van der Waals surface area contributed by atoms with E-state index in [2.05, 4.69) is 10.3 Å². The third-order valence-electron chi connectivity index (χ3n) is 9.92. The van der Waals surface area contributed by atoms with Gasteiger partial charge in [0, 0.05) is 26.8 Å². The third-order valence-corrected chi connectivity index (χ3v) is 12.8. The minimum absolute atomic E-state index is 0.00449. The van der Waals surface area contributed by atoms with E-state index in [1.165, 1.54) is 40.5 Å². The number of thioether (sulfide) groups is 1. The van der Waals surface area contributed by atoms with E-state index in [9.17, 15) is 23.6 Å². The zero-order valence-electron chi connectivity index (χ0n) is 25.5. The van der Waals surface area contributed by atoms with Gasteiger partial charge >= 0.3 is 4.87 Å². The average Bonchev–Trinajstić information content (AvgIpc) is 3.81. The monoisotopic (exact) mass is 705 g/mol. The lowest BCUT2D eigenvalue weighted by Gasteiger charge is -2.43. The molecule has 2 N–H and O–H groups in total. The molecule has 2 bridgehead atoms. The second kappa shape index (κ2) is 12.1. The number of carbonyl (C=O) groups is 3. The maximum Gasteiger partial charge on any atom is 0.305 e. The minimum Gasteiger partial charge on any atom is -0.490 e. The molecule has 3 amide bonds. The second-order valence-electron chi connectivity index (χ2n) is 12.4. The van der Waals surface area contributed by atoms with Crippen molar-refractivity contribution in [2.75, 3.05) is 23.4 Å². The van der Waals surface area contributed by atoms with Gasteiger partial charge in [0.15, 0.2) is 18.1 Å². The number of rotatable bonds is 8. The van der Waals surface area contributed by atoms with Crippen LogP contribution in [0.25, 0.3) is 0 Å². The SMILES string of the molecule is CCOc1cc([C@@H]2c3sc(=O)[nH]c3S[C@@H]3[C@@H]4C[C@@H]([C@@H]5C(=O)N(c6ccc(Cl)cc6)C(=O)[C@@H]45)[C@H]23)ccc1OCC(=O)Nc1ccc(F)cc1. The van der Waals surface area contributed by atoms with Crippen molar-refractivity contribution in [1.29, 1.82) is 0 Å². The summed E-state index contributed by atoms with van der Waals surface area (Å²) < 4.78 is 25.1. The van der Waals surface area contributed by atoms with Gasteiger partial charge in [0.2, 0.25) is 11.8 Å². The fraction of sp³-hybridized carbons (Fsp3) is 0.314. The van der Waals surface area contributed by atoms with Crippen LogP contribution in [0.3, 0.4) is 0 Å². The summed E-state index contributed by atoms with van der Waals surface area (Å²) in [7, 11) is 0. The quantitative estimate of drug-likeness (QED) is 0.206. The number of thiazole rings is 1. The number of halogens is 2. The normalized spacial score (nSPS) is 26.6. The number of aromatic nitrogens is 1. The van der Waals surface area contributed by atoms with Crippen LogP contribution < -0.4 is 24.6 Å². The lowest BCUT2D eigenvalue weighted by atomic mass is 9.68. The van der Waals surface area contributed by atoms with E-state index in [1.54, 1.807) is 42.1 Å². The van der Waals surface area contributed by atoms with Gasteiger partial charge in [0.1, 0.15) is 5.82 Å². The molecule has 13 heteroatoms. The molecule has 2 aliphatic carbocycles. The molecule has 0 spiro atoms. The Morgan fingerprint density at radius 3 is 2.44 bits per heavy atom. The summed E-state index contributed by atoms with van der Waals surface area (Å²) in [5, 5.41) is 4.05. The summed E-state index contributed by atoms with van der Waals surface area (Å²) in [5.74, 6) is -1.45. The van der Waals surface area contributed by atoms with E-state index < -0.39 is 23.6 Å². The molecule has 3 fully saturated rings. The highest BCUT2D eigenvalue weighted by molar-refractivity contribution is 8.00. The smallest absolute Gasteiger partial charge is 0.305 e. The molecule has 4 aromatic rings. The van der Waals surface area contributed by atoms with Crippen LogP contribution in [0, 0.1) is 35.4 Å². The van der Waals surface area contributed by atoms with E-state index in [4.69, 9.17) is 21.1 Å². The zero-order chi connectivity index (χ0) is 33.3. The molecule has 4 aliphatic rings. The zero-order valence-corrected chi connectivity index (χ0v) is 27.9. The molecule has 2 aliphatic heterocycles. The standard InChI is InChI=1S/C35H29ClFN3O6S2/c1-2-45-24-13-16(3-12-23(24)46-15-25(41)38-19-8-6-18(37)7-9-19)26-27-21-14-22(30(27)47-32-31(26)48-35(44)39-32)29-28(21)33(42)40(34(29)43)20-10-4-17(36)5-11-20/h3-13,21-22,26-30H,2,14-15H2,1H3,(H,38,41)(H,39,44)/t21-,22-,26+,27-,28+,29+,30-/m1/s1. The van der Waals surface area contributed by atoms with Gasteiger partial charge in [-0.1, -0.05) is 29.0 Å². The number of ether oxygens (including phenoxy) is 2. The van der Waals surface area contributed by atoms with Crippen LogP contribution in [0.4, 0.5) is 15.8 Å². The number of nitrogens with one attached hydrogen (secondary N) is 2. The topological polar surface area (TPSA) is 118 Å². The van der Waals surface area contributed by atoms with Crippen molar-refractivity contribution in [3.8, 4) is 11.5 Å². The highest BCUT2D eigenvalue weighted by atomic mass is 35.5. The molecule has 3 heterocycles. The molecule has 1 saturated heterocycles. The van der Waals surface area contributed by atoms with Crippen LogP contribution in [0.2, 0.25) is 5.02 Å². The fourth-order valence-electron chi connectivity index (χ4n) is 8.21. The molecule has 0 unspecified atom stereocenters. The van der Waals surface area contributed by atoms with Crippen molar-refractivity contribution in [3.63, 3.8) is 0 Å². The highest BCUT2D eigenvalue weighted by Gasteiger charge is 2.69. The third kappa shape index (κ3) is 5.12. The van der Waals surface area contributed by atoms with Gasteiger partial charge in [-0.3, -0.25) is 24.1 Å². The lowest BCUT2D eigenvalue weighted by molar-refractivity contribution is -0.123. The Labute approximate surface area is 287 Å². The van der Waals surface area contributed by atoms with E-state index >= 15 is 0 Å². The van der Waals surface area contributed by atoms with Crippen LogP contribution in [0.1, 0.15) is 29.7 Å². The number of nitrogens with zero attached hydrogens (tertiary/aromatic N) is 1. The van der Waals surface area contributed by atoms with Gasteiger partial charge in [-0.15, -0.1) is 11.8 Å². The molecule has 9 nitrogen and oxygen atoms in total. The number of fused-ring (bicyclic) bond motifs is 9. The molecular formula is C35H29ClFN3O6S2. The summed E-state index contributed by atoms with van der Waals surface area (Å²) >= 11 is 8.90. The van der Waals surface area contributed by atoms with Crippen molar-refractivity contribution < 1.29 is 28.2 Å². The first-order chi connectivity index (χ1) is 23.2. The van der Waals surface area contributed by atoms with Crippen LogP contribution >= 0.6 is 34.7 Å². The van der Waals surface area contributed by atoms with Gasteiger partial charge in [-0.25, -0.2) is 4.39 Å². The van der Waals surface area contributed by atoms with E-state index in [-0.39, 0.29) is 52.2 Å². The van der Waals surface area contributed by atoms with E-state index in [1.807, 2.05) is 19.1 Å². The van der Waals surface area contributed by atoms with Crippen molar-refractivity contribution >= 4 is 63.8 Å². The summed E-state index contributed by atoms with van der Waals surface area (Å²) in [6, 6.07) is 17.8. The van der Waals surface area contributed by atoms with Crippen LogP contribution in [-0.2, 0) is 14.4 Å². The molecule has 2 saturated carbocycles. The van der Waals surface area contributed by atoms with Gasteiger partial charge in [0.05, 0.1) is 29.2 Å². The average molecular weight is 706 g/mol. The lowest BCUT2D eigenvalue weighted by Crippen LogP contribution is -2.42. The Hall–Kier alpha value is -4.13. The molecule has 8 rings (SSSR count). The minimum atomic E-state index is -0.437. The van der Waals surface area contributed by atoms with Crippen molar-refractivity contribution in [2.45, 2.75) is 29.5 Å². The largest absolute Gasteiger partial charge is 0.490 e. The number of carbonyl (C=O) groups excluding carboxylic acids is 3. The maximum atomic E-state index is 14.0. The summed E-state index contributed by atoms with van der Waals surface area (Å²) in [6.45, 7) is 1.91. The van der Waals surface area contributed by atoms with Gasteiger partial charge < -0.3 is 19.8 Å². The summed E-state index contributed by atoms with van der Waals surface area (Å²) in [6.07, 6.45) is 0.766. The first kappa shape index (κ1) is 31.2. The predicted molar refractivity (Wildman–Crippen MR) is 181 cm³/mol. The first-order valence-corrected chi connectivity index (χ1v) is 17.8. The number of anilines is 2. The molecule has 3 aromatic carbocycles. The Balaban J connectivity index is 1.10. The number of benzene rings is 3. The molecule has 0 radical (unpaired) electrons. The summed E-state index contributed by atoms with van der Waals surface area (Å²) in [4.78, 5) is 58.3. The summed E-state index contributed by atoms with van der Waals surface area (Å²) in [5.41, 5.74) is 1.88. The number of hydrogen-bond acceptors (Lipinski definition) is 8. The highest BCUT2D eigenvalue weighted by Crippen LogP contribution is 2.68. The number of H-pyrrole nitrogens is 1. The maximum absolute atomic E-state index is 14.0. The Morgan fingerprint density at radius 2 is 1.71 bits per heavy atom. The first-order valence-electron chi connectivity index (χ1n) is 15.7. The van der Waals surface area contributed by atoms with Crippen molar-refractivity contribution in [2.24, 2.45) is 29.6 Å². The van der Waals surface area contributed by atoms with E-state index in [0.717, 1.165) is 21.9 Å². The molecule has 48 heavy (non-hydrogen) atoms.